The normalized spacial score (nSPS) is 18.6. The Kier molecular flexibility index (Phi) is 4.25. The minimum atomic E-state index is 0.439. The summed E-state index contributed by atoms with van der Waals surface area (Å²) in [5, 5.41) is 3.65. The molecule has 0 radical (unpaired) electrons. The summed E-state index contributed by atoms with van der Waals surface area (Å²) in [4.78, 5) is 2.20. The zero-order valence-electron chi connectivity index (χ0n) is 11.9. The molecule has 1 N–H and O–H groups in total. The molecule has 100 valence electrons. The highest BCUT2D eigenvalue weighted by molar-refractivity contribution is 5.46. The number of fused-ring (bicyclic) bond motifs is 1. The van der Waals surface area contributed by atoms with Crippen molar-refractivity contribution >= 4 is 0 Å². The minimum Gasteiger partial charge on any atom is -0.493 e. The van der Waals surface area contributed by atoms with Gasteiger partial charge in [0.25, 0.3) is 0 Å². The molecule has 2 rings (SSSR count). The molecular formula is C15H24N2O. The van der Waals surface area contributed by atoms with Crippen LogP contribution in [0.1, 0.15) is 29.2 Å². The molecule has 1 aromatic carbocycles. The molecule has 0 amide bonds. The van der Waals surface area contributed by atoms with Gasteiger partial charge in [0.15, 0.2) is 0 Å². The van der Waals surface area contributed by atoms with Gasteiger partial charge in [-0.15, -0.1) is 0 Å². The molecule has 1 aromatic rings. The average molecular weight is 248 g/mol. The molecule has 0 saturated carbocycles. The van der Waals surface area contributed by atoms with Crippen LogP contribution in [0.2, 0.25) is 0 Å². The van der Waals surface area contributed by atoms with Crippen LogP contribution >= 0.6 is 0 Å². The maximum Gasteiger partial charge on any atom is 0.124 e. The van der Waals surface area contributed by atoms with E-state index >= 15 is 0 Å². The number of ether oxygens (including phenoxy) is 1. The Morgan fingerprint density at radius 2 is 2.11 bits per heavy atom. The first kappa shape index (κ1) is 13.4. The third-order valence-electron chi connectivity index (χ3n) is 3.46. The lowest BCUT2D eigenvalue weighted by molar-refractivity contribution is 0.248. The van der Waals surface area contributed by atoms with Gasteiger partial charge in [-0.3, -0.25) is 0 Å². The molecule has 18 heavy (non-hydrogen) atoms. The number of hydrogen-bond donors (Lipinski definition) is 1. The van der Waals surface area contributed by atoms with Crippen molar-refractivity contribution in [2.24, 2.45) is 0 Å². The number of rotatable bonds is 4. The second-order valence-corrected chi connectivity index (χ2v) is 5.44. The van der Waals surface area contributed by atoms with Crippen LogP contribution in [-0.4, -0.2) is 38.7 Å². The first-order valence-corrected chi connectivity index (χ1v) is 6.70. The quantitative estimate of drug-likeness (QED) is 0.884. The summed E-state index contributed by atoms with van der Waals surface area (Å²) < 4.78 is 5.79. The summed E-state index contributed by atoms with van der Waals surface area (Å²) in [6.45, 7) is 7.21. The van der Waals surface area contributed by atoms with Crippen molar-refractivity contribution in [2.75, 3.05) is 33.8 Å². The Balaban J connectivity index is 2.12. The van der Waals surface area contributed by atoms with Gasteiger partial charge in [-0.1, -0.05) is 6.07 Å². The molecule has 0 saturated heterocycles. The number of hydrogen-bond acceptors (Lipinski definition) is 3. The molecule has 3 heteroatoms. The zero-order valence-corrected chi connectivity index (χ0v) is 11.9. The molecule has 0 aliphatic carbocycles. The number of aryl methyl sites for hydroxylation is 2. The smallest absolute Gasteiger partial charge is 0.124 e. The monoisotopic (exact) mass is 248 g/mol. The Morgan fingerprint density at radius 1 is 1.33 bits per heavy atom. The molecule has 1 heterocycles. The van der Waals surface area contributed by atoms with Gasteiger partial charge in [0.05, 0.1) is 6.61 Å². The SMILES string of the molecule is Cc1cc(C)c2c(c1)OCCC2NCCN(C)C. The van der Waals surface area contributed by atoms with Gasteiger partial charge in [0.2, 0.25) is 0 Å². The maximum absolute atomic E-state index is 5.79. The fraction of sp³-hybridized carbons (Fsp3) is 0.600. The standard InChI is InChI=1S/C15H24N2O/c1-11-9-12(2)15-13(16-6-7-17(3)4)5-8-18-14(15)10-11/h9-10,13,16H,5-8H2,1-4H3. The zero-order chi connectivity index (χ0) is 13.1. The van der Waals surface area contributed by atoms with Crippen molar-refractivity contribution in [1.82, 2.24) is 10.2 Å². The fourth-order valence-corrected chi connectivity index (χ4v) is 2.60. The maximum atomic E-state index is 5.79. The highest BCUT2D eigenvalue weighted by Gasteiger charge is 2.23. The van der Waals surface area contributed by atoms with Crippen molar-refractivity contribution in [3.63, 3.8) is 0 Å². The Hall–Kier alpha value is -1.06. The van der Waals surface area contributed by atoms with Gasteiger partial charge in [0.1, 0.15) is 5.75 Å². The van der Waals surface area contributed by atoms with Crippen molar-refractivity contribution in [3.05, 3.63) is 28.8 Å². The molecule has 0 bridgehead atoms. The van der Waals surface area contributed by atoms with E-state index in [1.807, 2.05) is 0 Å². The van der Waals surface area contributed by atoms with E-state index < -0.39 is 0 Å². The van der Waals surface area contributed by atoms with Crippen molar-refractivity contribution < 1.29 is 4.74 Å². The number of nitrogens with zero attached hydrogens (tertiary/aromatic N) is 1. The van der Waals surface area contributed by atoms with Crippen molar-refractivity contribution in [1.29, 1.82) is 0 Å². The lowest BCUT2D eigenvalue weighted by Gasteiger charge is -2.29. The van der Waals surface area contributed by atoms with Crippen LogP contribution in [0.15, 0.2) is 12.1 Å². The lowest BCUT2D eigenvalue weighted by Crippen LogP contribution is -2.33. The molecular weight excluding hydrogens is 224 g/mol. The van der Waals surface area contributed by atoms with Crippen molar-refractivity contribution in [2.45, 2.75) is 26.3 Å². The largest absolute Gasteiger partial charge is 0.493 e. The second-order valence-electron chi connectivity index (χ2n) is 5.44. The third-order valence-corrected chi connectivity index (χ3v) is 3.46. The van der Waals surface area contributed by atoms with E-state index in [4.69, 9.17) is 4.74 Å². The Bertz CT molecular complexity index is 415. The van der Waals surface area contributed by atoms with E-state index in [2.05, 4.69) is 50.3 Å². The van der Waals surface area contributed by atoms with Gasteiger partial charge in [-0.25, -0.2) is 0 Å². The van der Waals surface area contributed by atoms with Crippen LogP contribution in [0.3, 0.4) is 0 Å². The summed E-state index contributed by atoms with van der Waals surface area (Å²) >= 11 is 0. The first-order chi connectivity index (χ1) is 8.58. The van der Waals surface area contributed by atoms with Crippen LogP contribution in [-0.2, 0) is 0 Å². The first-order valence-electron chi connectivity index (χ1n) is 6.70. The summed E-state index contributed by atoms with van der Waals surface area (Å²) in [5.41, 5.74) is 3.97. The van der Waals surface area contributed by atoms with Gasteiger partial charge >= 0.3 is 0 Å². The summed E-state index contributed by atoms with van der Waals surface area (Å²) in [6.07, 6.45) is 1.06. The Morgan fingerprint density at radius 3 is 2.83 bits per heavy atom. The van der Waals surface area contributed by atoms with E-state index in [9.17, 15) is 0 Å². The minimum absolute atomic E-state index is 0.439. The van der Waals surface area contributed by atoms with E-state index in [1.165, 1.54) is 16.7 Å². The molecule has 0 spiro atoms. The Labute approximate surface area is 110 Å². The van der Waals surface area contributed by atoms with Crippen molar-refractivity contribution in [3.8, 4) is 5.75 Å². The van der Waals surface area contributed by atoms with Gasteiger partial charge < -0.3 is 15.0 Å². The topological polar surface area (TPSA) is 24.5 Å². The van der Waals surface area contributed by atoms with Crippen LogP contribution in [0.5, 0.6) is 5.75 Å². The number of likely N-dealkylation sites (N-methyl/N-ethyl adjacent to an activating group) is 1. The number of nitrogens with one attached hydrogen (secondary N) is 1. The summed E-state index contributed by atoms with van der Waals surface area (Å²) in [6, 6.07) is 4.84. The second kappa shape index (κ2) is 5.72. The molecule has 0 fully saturated rings. The van der Waals surface area contributed by atoms with Gasteiger partial charge in [-0.2, -0.15) is 0 Å². The van der Waals surface area contributed by atoms with E-state index in [0.717, 1.165) is 31.9 Å². The van der Waals surface area contributed by atoms with Crippen LogP contribution in [0.25, 0.3) is 0 Å². The average Bonchev–Trinajstić information content (AvgIpc) is 2.27. The predicted octanol–water partition coefficient (Wildman–Crippen LogP) is 2.28. The lowest BCUT2D eigenvalue weighted by atomic mass is 9.94. The summed E-state index contributed by atoms with van der Waals surface area (Å²) in [5.74, 6) is 1.07. The van der Waals surface area contributed by atoms with E-state index in [1.54, 1.807) is 0 Å². The summed E-state index contributed by atoms with van der Waals surface area (Å²) in [7, 11) is 4.21. The predicted molar refractivity (Wildman–Crippen MR) is 75.3 cm³/mol. The van der Waals surface area contributed by atoms with Gasteiger partial charge in [-0.05, 0) is 45.1 Å². The highest BCUT2D eigenvalue weighted by Crippen LogP contribution is 2.35. The molecule has 1 aliphatic rings. The van der Waals surface area contributed by atoms with Crippen LogP contribution in [0.4, 0.5) is 0 Å². The van der Waals surface area contributed by atoms with E-state index in [0.29, 0.717) is 6.04 Å². The number of benzene rings is 1. The third kappa shape index (κ3) is 3.03. The highest BCUT2D eigenvalue weighted by atomic mass is 16.5. The molecule has 1 atom stereocenters. The molecule has 3 nitrogen and oxygen atoms in total. The fourth-order valence-electron chi connectivity index (χ4n) is 2.60. The molecule has 0 aromatic heterocycles. The van der Waals surface area contributed by atoms with E-state index in [-0.39, 0.29) is 0 Å². The van der Waals surface area contributed by atoms with Gasteiger partial charge in [0, 0.05) is 31.1 Å². The molecule has 1 unspecified atom stereocenters. The van der Waals surface area contributed by atoms with Crippen LogP contribution < -0.4 is 10.1 Å². The molecule has 1 aliphatic heterocycles. The van der Waals surface area contributed by atoms with Crippen LogP contribution in [0, 0.1) is 13.8 Å².